The van der Waals surface area contributed by atoms with Gasteiger partial charge in [-0.25, -0.2) is 9.97 Å². The molecular formula is C16H10N4O. The lowest BCUT2D eigenvalue weighted by Gasteiger charge is -2.04. The summed E-state index contributed by atoms with van der Waals surface area (Å²) in [5.41, 5.74) is 1.99. The fraction of sp³-hybridized carbons (Fsp3) is 0. The average molecular weight is 274 g/mol. The van der Waals surface area contributed by atoms with E-state index in [4.69, 9.17) is 10.00 Å². The third-order valence-electron chi connectivity index (χ3n) is 2.77. The van der Waals surface area contributed by atoms with Crippen molar-refractivity contribution in [3.8, 4) is 29.1 Å². The van der Waals surface area contributed by atoms with Crippen LogP contribution in [-0.2, 0) is 0 Å². The van der Waals surface area contributed by atoms with Crippen LogP contribution in [0.15, 0.2) is 61.1 Å². The van der Waals surface area contributed by atoms with Gasteiger partial charge >= 0.3 is 6.01 Å². The lowest BCUT2D eigenvalue weighted by molar-refractivity contribution is 0.442. The third-order valence-corrected chi connectivity index (χ3v) is 2.77. The second kappa shape index (κ2) is 5.80. The van der Waals surface area contributed by atoms with Gasteiger partial charge in [-0.1, -0.05) is 18.2 Å². The predicted molar refractivity (Wildman–Crippen MR) is 76.5 cm³/mol. The van der Waals surface area contributed by atoms with E-state index in [1.54, 1.807) is 24.5 Å². The minimum absolute atomic E-state index is 0.276. The molecule has 0 aliphatic heterocycles. The van der Waals surface area contributed by atoms with E-state index in [9.17, 15) is 0 Å². The fourth-order valence-corrected chi connectivity index (χ4v) is 1.73. The Bertz CT molecular complexity index is 762. The van der Waals surface area contributed by atoms with E-state index in [1.165, 1.54) is 6.20 Å². The molecule has 5 nitrogen and oxygen atoms in total. The molecule has 0 saturated heterocycles. The molecule has 2 heterocycles. The quantitative estimate of drug-likeness (QED) is 0.733. The van der Waals surface area contributed by atoms with E-state index in [0.29, 0.717) is 17.0 Å². The molecule has 0 radical (unpaired) electrons. The van der Waals surface area contributed by atoms with Crippen molar-refractivity contribution < 1.29 is 4.74 Å². The van der Waals surface area contributed by atoms with Crippen molar-refractivity contribution in [1.29, 1.82) is 5.26 Å². The summed E-state index contributed by atoms with van der Waals surface area (Å²) in [6.45, 7) is 0. The Balaban J connectivity index is 1.79. The zero-order valence-corrected chi connectivity index (χ0v) is 11.0. The van der Waals surface area contributed by atoms with Gasteiger partial charge in [0.1, 0.15) is 11.8 Å². The number of ether oxygens (including phenoxy) is 1. The van der Waals surface area contributed by atoms with Crippen molar-refractivity contribution in [3.63, 3.8) is 0 Å². The number of pyridine rings is 1. The van der Waals surface area contributed by atoms with Crippen LogP contribution in [0.25, 0.3) is 11.3 Å². The van der Waals surface area contributed by atoms with Gasteiger partial charge in [0.2, 0.25) is 0 Å². The van der Waals surface area contributed by atoms with Crippen LogP contribution in [0.5, 0.6) is 11.8 Å². The molecule has 3 rings (SSSR count). The van der Waals surface area contributed by atoms with E-state index in [1.807, 2.05) is 36.4 Å². The molecule has 0 spiro atoms. The summed E-state index contributed by atoms with van der Waals surface area (Å²) >= 11 is 0. The summed E-state index contributed by atoms with van der Waals surface area (Å²) in [5, 5.41) is 8.74. The SMILES string of the molecule is N#Cc1ccc(-c2cnc(Oc3ccccc3)nc2)nc1. The molecule has 0 atom stereocenters. The maximum absolute atomic E-state index is 8.74. The molecule has 0 aliphatic rings. The van der Waals surface area contributed by atoms with Gasteiger partial charge in [0.15, 0.2) is 0 Å². The molecule has 2 aromatic heterocycles. The average Bonchev–Trinajstić information content (AvgIpc) is 2.57. The Labute approximate surface area is 121 Å². The third kappa shape index (κ3) is 3.01. The van der Waals surface area contributed by atoms with Crippen molar-refractivity contribution in [2.45, 2.75) is 0 Å². The lowest BCUT2D eigenvalue weighted by atomic mass is 10.2. The van der Waals surface area contributed by atoms with Crippen LogP contribution in [0.4, 0.5) is 0 Å². The summed E-state index contributed by atoms with van der Waals surface area (Å²) < 4.78 is 5.52. The zero-order valence-electron chi connectivity index (χ0n) is 11.0. The highest BCUT2D eigenvalue weighted by molar-refractivity contribution is 5.57. The first-order chi connectivity index (χ1) is 10.3. The minimum Gasteiger partial charge on any atom is -0.424 e. The number of para-hydroxylation sites is 1. The first kappa shape index (κ1) is 12.8. The van der Waals surface area contributed by atoms with Gasteiger partial charge in [-0.3, -0.25) is 4.98 Å². The fourth-order valence-electron chi connectivity index (χ4n) is 1.73. The molecule has 0 amide bonds. The van der Waals surface area contributed by atoms with Gasteiger partial charge in [0, 0.05) is 24.2 Å². The van der Waals surface area contributed by atoms with E-state index in [2.05, 4.69) is 15.0 Å². The highest BCUT2D eigenvalue weighted by Gasteiger charge is 2.04. The number of nitrogens with zero attached hydrogens (tertiary/aromatic N) is 4. The molecular weight excluding hydrogens is 264 g/mol. The van der Waals surface area contributed by atoms with Crippen LogP contribution in [-0.4, -0.2) is 15.0 Å². The first-order valence-corrected chi connectivity index (χ1v) is 6.26. The summed E-state index contributed by atoms with van der Waals surface area (Å²) in [5.74, 6) is 0.682. The number of nitriles is 1. The van der Waals surface area contributed by atoms with Crippen molar-refractivity contribution >= 4 is 0 Å². The van der Waals surface area contributed by atoms with Gasteiger partial charge in [0.05, 0.1) is 11.3 Å². The van der Waals surface area contributed by atoms with E-state index < -0.39 is 0 Å². The molecule has 0 unspecified atom stereocenters. The molecule has 3 aromatic rings. The highest BCUT2D eigenvalue weighted by Crippen LogP contribution is 2.19. The van der Waals surface area contributed by atoms with Crippen LogP contribution in [0.2, 0.25) is 0 Å². The minimum atomic E-state index is 0.276. The van der Waals surface area contributed by atoms with Crippen molar-refractivity contribution in [2.75, 3.05) is 0 Å². The maximum atomic E-state index is 8.74. The molecule has 0 N–H and O–H groups in total. The predicted octanol–water partition coefficient (Wildman–Crippen LogP) is 3.20. The number of hydrogen-bond donors (Lipinski definition) is 0. The van der Waals surface area contributed by atoms with Crippen LogP contribution >= 0.6 is 0 Å². The second-order valence-corrected chi connectivity index (χ2v) is 4.21. The molecule has 21 heavy (non-hydrogen) atoms. The summed E-state index contributed by atoms with van der Waals surface area (Å²) in [7, 11) is 0. The molecule has 0 bridgehead atoms. The van der Waals surface area contributed by atoms with Crippen molar-refractivity contribution in [2.24, 2.45) is 0 Å². The van der Waals surface area contributed by atoms with Crippen LogP contribution in [0.3, 0.4) is 0 Å². The van der Waals surface area contributed by atoms with Crippen LogP contribution in [0, 0.1) is 11.3 Å². The Morgan fingerprint density at radius 1 is 0.857 bits per heavy atom. The zero-order chi connectivity index (χ0) is 14.5. The molecule has 100 valence electrons. The van der Waals surface area contributed by atoms with E-state index in [0.717, 1.165) is 5.56 Å². The lowest BCUT2D eigenvalue weighted by Crippen LogP contribution is -1.93. The summed E-state index contributed by atoms with van der Waals surface area (Å²) in [6.07, 6.45) is 4.79. The largest absolute Gasteiger partial charge is 0.424 e. The summed E-state index contributed by atoms with van der Waals surface area (Å²) in [4.78, 5) is 12.5. The summed E-state index contributed by atoms with van der Waals surface area (Å²) in [6, 6.07) is 15.1. The molecule has 5 heteroatoms. The number of rotatable bonds is 3. The number of benzene rings is 1. The number of aromatic nitrogens is 3. The number of hydrogen-bond acceptors (Lipinski definition) is 5. The van der Waals surface area contributed by atoms with Gasteiger partial charge in [0.25, 0.3) is 0 Å². The molecule has 0 aliphatic carbocycles. The second-order valence-electron chi connectivity index (χ2n) is 4.21. The van der Waals surface area contributed by atoms with Gasteiger partial charge in [-0.2, -0.15) is 5.26 Å². The standard InChI is InChI=1S/C16H10N4O/c17-8-12-6-7-15(18-9-12)13-10-19-16(20-11-13)21-14-4-2-1-3-5-14/h1-7,9-11H. The van der Waals surface area contributed by atoms with E-state index in [-0.39, 0.29) is 6.01 Å². The molecule has 0 fully saturated rings. The van der Waals surface area contributed by atoms with Crippen LogP contribution in [0.1, 0.15) is 5.56 Å². The Morgan fingerprint density at radius 2 is 1.62 bits per heavy atom. The normalized spacial score (nSPS) is 9.86. The highest BCUT2D eigenvalue weighted by atomic mass is 16.5. The Morgan fingerprint density at radius 3 is 2.24 bits per heavy atom. The van der Waals surface area contributed by atoms with Crippen LogP contribution < -0.4 is 4.74 Å². The Kier molecular flexibility index (Phi) is 3.52. The van der Waals surface area contributed by atoms with Crippen molar-refractivity contribution in [1.82, 2.24) is 15.0 Å². The van der Waals surface area contributed by atoms with Gasteiger partial charge in [-0.15, -0.1) is 0 Å². The molecule has 1 aromatic carbocycles. The van der Waals surface area contributed by atoms with E-state index >= 15 is 0 Å². The smallest absolute Gasteiger partial charge is 0.321 e. The molecule has 0 saturated carbocycles. The first-order valence-electron chi connectivity index (χ1n) is 6.26. The van der Waals surface area contributed by atoms with Crippen molar-refractivity contribution in [3.05, 3.63) is 66.6 Å². The van der Waals surface area contributed by atoms with Gasteiger partial charge < -0.3 is 4.74 Å². The monoisotopic (exact) mass is 274 g/mol. The maximum Gasteiger partial charge on any atom is 0.321 e. The Hall–Kier alpha value is -3.26. The topological polar surface area (TPSA) is 71.7 Å². The van der Waals surface area contributed by atoms with Gasteiger partial charge in [-0.05, 0) is 24.3 Å².